The van der Waals surface area contributed by atoms with E-state index in [2.05, 4.69) is 17.2 Å². The molecule has 0 aliphatic carbocycles. The summed E-state index contributed by atoms with van der Waals surface area (Å²) in [6.07, 6.45) is 0.249. The lowest BCUT2D eigenvalue weighted by atomic mass is 10.0. The van der Waals surface area contributed by atoms with Crippen LogP contribution in [0, 0.1) is 11.8 Å². The van der Waals surface area contributed by atoms with Gasteiger partial charge in [0.2, 0.25) is 11.8 Å². The van der Waals surface area contributed by atoms with Crippen LogP contribution in [0.25, 0.3) is 0 Å². The van der Waals surface area contributed by atoms with E-state index in [0.717, 1.165) is 27.3 Å². The average Bonchev–Trinajstić information content (AvgIpc) is 3.07. The first-order valence-corrected chi connectivity index (χ1v) is 13.8. The molecule has 8 nitrogen and oxygen atoms in total. The third-order valence-electron chi connectivity index (χ3n) is 5.83. The number of hydrogen-bond donors (Lipinski definition) is 1. The molecule has 4 rings (SSSR count). The van der Waals surface area contributed by atoms with Crippen LogP contribution >= 0.6 is 45.2 Å². The fraction of sp³-hybridized carbons (Fsp3) is 0.259. The number of imide groups is 1. The predicted molar refractivity (Wildman–Crippen MR) is 155 cm³/mol. The number of hydrogen-bond acceptors (Lipinski definition) is 5. The van der Waals surface area contributed by atoms with Crippen LogP contribution in [0.2, 0.25) is 0 Å². The van der Waals surface area contributed by atoms with Crippen molar-refractivity contribution in [3.8, 4) is 11.8 Å². The summed E-state index contributed by atoms with van der Waals surface area (Å²) in [5, 5.41) is 2.76. The maximum Gasteiger partial charge on any atom is 0.268 e. The molecule has 2 aromatic carbocycles. The summed E-state index contributed by atoms with van der Waals surface area (Å²) >= 11 is 3.72. The summed E-state index contributed by atoms with van der Waals surface area (Å²) in [6, 6.07) is 15.3. The van der Waals surface area contributed by atoms with Crippen molar-refractivity contribution in [1.82, 2.24) is 10.2 Å². The van der Waals surface area contributed by atoms with Crippen LogP contribution < -0.4 is 10.2 Å². The Labute approximate surface area is 242 Å². The van der Waals surface area contributed by atoms with E-state index in [0.29, 0.717) is 13.7 Å². The molecule has 190 valence electrons. The molecule has 0 fully saturated rings. The number of benzene rings is 2. The minimum atomic E-state index is -0.320. The van der Waals surface area contributed by atoms with Crippen molar-refractivity contribution in [2.24, 2.45) is 0 Å². The van der Waals surface area contributed by atoms with Crippen molar-refractivity contribution in [1.29, 1.82) is 0 Å². The summed E-state index contributed by atoms with van der Waals surface area (Å²) in [5.74, 6) is 5.37. The zero-order valence-electron chi connectivity index (χ0n) is 19.8. The standard InChI is InChI=1S/C27H23I2N3O5/c28-24-25(29)27(36)31(26(24)35)14-16-37-15-12-22(33)30-13-11-23(34)32-17-20-7-2-1-5-18(20)9-10-19-6-3-4-8-21(19)32/h1-8H,11-17H2,(H,30,33). The Morgan fingerprint density at radius 3 is 2.30 bits per heavy atom. The van der Waals surface area contributed by atoms with Gasteiger partial charge in [-0.1, -0.05) is 42.2 Å². The Morgan fingerprint density at radius 1 is 0.892 bits per heavy atom. The van der Waals surface area contributed by atoms with E-state index in [4.69, 9.17) is 4.74 Å². The second-order valence-corrected chi connectivity index (χ2v) is 10.4. The highest BCUT2D eigenvalue weighted by atomic mass is 127. The molecular formula is C27H23I2N3O5. The van der Waals surface area contributed by atoms with Crippen LogP contribution in [-0.2, 0) is 30.5 Å². The predicted octanol–water partition coefficient (Wildman–Crippen LogP) is 3.30. The number of halogens is 2. The number of nitrogens with zero attached hydrogens (tertiary/aromatic N) is 2. The highest BCUT2D eigenvalue weighted by molar-refractivity contribution is 14.1. The molecule has 2 aliphatic rings. The minimum Gasteiger partial charge on any atom is -0.379 e. The molecular weight excluding hydrogens is 700 g/mol. The number of anilines is 1. The van der Waals surface area contributed by atoms with Gasteiger partial charge in [-0.05, 0) is 68.9 Å². The molecule has 0 saturated heterocycles. The molecule has 0 radical (unpaired) electrons. The van der Waals surface area contributed by atoms with E-state index in [1.54, 1.807) is 4.90 Å². The van der Waals surface area contributed by atoms with E-state index >= 15 is 0 Å². The molecule has 2 aromatic rings. The highest BCUT2D eigenvalue weighted by Crippen LogP contribution is 2.30. The molecule has 0 unspecified atom stereocenters. The van der Waals surface area contributed by atoms with Gasteiger partial charge in [0.1, 0.15) is 0 Å². The van der Waals surface area contributed by atoms with Gasteiger partial charge in [-0.2, -0.15) is 0 Å². The van der Waals surface area contributed by atoms with Crippen LogP contribution in [0.15, 0.2) is 55.7 Å². The third-order valence-corrected chi connectivity index (χ3v) is 8.86. The second kappa shape index (κ2) is 12.7. The van der Waals surface area contributed by atoms with Gasteiger partial charge in [0.05, 0.1) is 39.2 Å². The van der Waals surface area contributed by atoms with Crippen molar-refractivity contribution in [3.05, 3.63) is 72.4 Å². The van der Waals surface area contributed by atoms with Gasteiger partial charge >= 0.3 is 0 Å². The lowest BCUT2D eigenvalue weighted by Gasteiger charge is -2.26. The van der Waals surface area contributed by atoms with Crippen molar-refractivity contribution < 1.29 is 23.9 Å². The maximum absolute atomic E-state index is 13.2. The molecule has 0 bridgehead atoms. The molecule has 10 heteroatoms. The lowest BCUT2D eigenvalue weighted by molar-refractivity contribution is -0.138. The summed E-state index contributed by atoms with van der Waals surface area (Å²) in [4.78, 5) is 52.3. The van der Waals surface area contributed by atoms with Crippen LogP contribution in [0.1, 0.15) is 29.5 Å². The number of nitrogens with one attached hydrogen (secondary N) is 1. The SMILES string of the molecule is O=C(CCOCCN1C(=O)C(I)=C(I)C1=O)NCCC(=O)N1Cc2ccccc2C#Cc2ccccc21. The van der Waals surface area contributed by atoms with Crippen LogP contribution in [0.5, 0.6) is 0 Å². The van der Waals surface area contributed by atoms with Crippen LogP contribution in [0.4, 0.5) is 5.69 Å². The maximum atomic E-state index is 13.2. The van der Waals surface area contributed by atoms with E-state index < -0.39 is 0 Å². The Bertz CT molecular complexity index is 1320. The Hall–Kier alpha value is -2.76. The van der Waals surface area contributed by atoms with Crippen molar-refractivity contribution in [3.63, 3.8) is 0 Å². The highest BCUT2D eigenvalue weighted by Gasteiger charge is 2.35. The van der Waals surface area contributed by atoms with Gasteiger partial charge < -0.3 is 15.0 Å². The first-order valence-electron chi connectivity index (χ1n) is 11.6. The third kappa shape index (κ3) is 6.58. The zero-order chi connectivity index (χ0) is 26.4. The molecule has 37 heavy (non-hydrogen) atoms. The fourth-order valence-electron chi connectivity index (χ4n) is 3.88. The number of rotatable bonds is 9. The van der Waals surface area contributed by atoms with E-state index in [1.807, 2.05) is 93.7 Å². The van der Waals surface area contributed by atoms with E-state index in [-0.39, 0.29) is 62.8 Å². The molecule has 0 saturated carbocycles. The van der Waals surface area contributed by atoms with Gasteiger partial charge in [0.15, 0.2) is 0 Å². The van der Waals surface area contributed by atoms with E-state index in [9.17, 15) is 19.2 Å². The number of fused-ring (bicyclic) bond motifs is 2. The van der Waals surface area contributed by atoms with Crippen molar-refractivity contribution >= 4 is 74.5 Å². The topological polar surface area (TPSA) is 96.0 Å². The summed E-state index contributed by atoms with van der Waals surface area (Å²) in [6.45, 7) is 1.03. The normalized spacial score (nSPS) is 14.4. The molecule has 0 atom stereocenters. The molecule has 2 heterocycles. The fourth-order valence-corrected chi connectivity index (χ4v) is 4.93. The number of carbonyl (C=O) groups is 4. The molecule has 4 amide bonds. The van der Waals surface area contributed by atoms with Crippen molar-refractivity contribution in [2.45, 2.75) is 19.4 Å². The number of carbonyl (C=O) groups excluding carboxylic acids is 4. The first kappa shape index (κ1) is 27.3. The van der Waals surface area contributed by atoms with Gasteiger partial charge in [0.25, 0.3) is 11.8 Å². The minimum absolute atomic E-state index is 0.110. The molecule has 2 aliphatic heterocycles. The molecule has 0 aromatic heterocycles. The zero-order valence-corrected chi connectivity index (χ0v) is 24.1. The smallest absolute Gasteiger partial charge is 0.268 e. The van der Waals surface area contributed by atoms with Crippen molar-refractivity contribution in [2.75, 3.05) is 31.2 Å². The van der Waals surface area contributed by atoms with Gasteiger partial charge in [0, 0.05) is 30.5 Å². The quantitative estimate of drug-likeness (QED) is 0.186. The number of para-hydroxylation sites is 1. The molecule has 0 spiro atoms. The first-order chi connectivity index (χ1) is 17.9. The van der Waals surface area contributed by atoms with Gasteiger partial charge in [-0.15, -0.1) is 0 Å². The second-order valence-electron chi connectivity index (χ2n) is 8.26. The average molecular weight is 723 g/mol. The summed E-state index contributed by atoms with van der Waals surface area (Å²) < 4.78 is 6.26. The lowest BCUT2D eigenvalue weighted by Crippen LogP contribution is -2.35. The summed E-state index contributed by atoms with van der Waals surface area (Å²) in [5.41, 5.74) is 3.40. The molecule has 1 N–H and O–H groups in total. The Morgan fingerprint density at radius 2 is 1.54 bits per heavy atom. The van der Waals surface area contributed by atoms with Gasteiger partial charge in [-0.3, -0.25) is 24.1 Å². The largest absolute Gasteiger partial charge is 0.379 e. The van der Waals surface area contributed by atoms with Gasteiger partial charge in [-0.25, -0.2) is 0 Å². The van der Waals surface area contributed by atoms with Crippen LogP contribution in [0.3, 0.4) is 0 Å². The Balaban J connectivity index is 1.22. The number of ether oxygens (including phenoxy) is 1. The summed E-state index contributed by atoms with van der Waals surface area (Å²) in [7, 11) is 0. The Kier molecular flexibility index (Phi) is 9.33. The number of amides is 4. The monoisotopic (exact) mass is 723 g/mol. The van der Waals surface area contributed by atoms with Crippen LogP contribution in [-0.4, -0.2) is 54.8 Å². The van der Waals surface area contributed by atoms with E-state index in [1.165, 1.54) is 0 Å².